The summed E-state index contributed by atoms with van der Waals surface area (Å²) in [5.74, 6) is -0.102. The minimum atomic E-state index is -0.102. The molecule has 6 nitrogen and oxygen atoms in total. The Balaban J connectivity index is 2.37. The number of amides is 1. The van der Waals surface area contributed by atoms with E-state index in [1.807, 2.05) is 0 Å². The Morgan fingerprint density at radius 2 is 2.47 bits per heavy atom. The number of nitrogens with two attached hydrogens (primary N) is 1. The van der Waals surface area contributed by atoms with Gasteiger partial charge < -0.3 is 15.8 Å². The highest BCUT2D eigenvalue weighted by Gasteiger charge is 2.05. The van der Waals surface area contributed by atoms with Crippen LogP contribution in [0.4, 0.5) is 5.69 Å². The van der Waals surface area contributed by atoms with Crippen LogP contribution in [0.5, 0.6) is 0 Å². The molecule has 0 spiro atoms. The first-order chi connectivity index (χ1) is 7.13. The van der Waals surface area contributed by atoms with Gasteiger partial charge in [0.25, 0.3) is 0 Å². The minimum absolute atomic E-state index is 0.102. The fraction of sp³-hybridized carbons (Fsp3) is 0.556. The maximum Gasteiger partial charge on any atom is 0.241 e. The lowest BCUT2D eigenvalue weighted by molar-refractivity contribution is -0.122. The number of aromatic nitrogens is 2. The molecule has 0 atom stereocenters. The molecule has 0 unspecified atom stereocenters. The fourth-order valence-corrected chi connectivity index (χ4v) is 1.11. The molecule has 15 heavy (non-hydrogen) atoms. The molecule has 0 aliphatic heterocycles. The highest BCUT2D eigenvalue weighted by Crippen LogP contribution is 2.05. The van der Waals surface area contributed by atoms with Crippen molar-refractivity contribution in [3.63, 3.8) is 0 Å². The van der Waals surface area contributed by atoms with Crippen LogP contribution in [0.3, 0.4) is 0 Å². The lowest BCUT2D eigenvalue weighted by Crippen LogP contribution is -2.30. The zero-order chi connectivity index (χ0) is 11.3. The second-order valence-electron chi connectivity index (χ2n) is 3.21. The van der Waals surface area contributed by atoms with E-state index in [0.717, 1.165) is 5.69 Å². The number of nitrogens with zero attached hydrogens (tertiary/aromatic N) is 2. The van der Waals surface area contributed by atoms with Crippen molar-refractivity contribution in [3.05, 3.63) is 11.9 Å². The fourth-order valence-electron chi connectivity index (χ4n) is 1.11. The maximum absolute atomic E-state index is 11.3. The van der Waals surface area contributed by atoms with Crippen LogP contribution in [0.15, 0.2) is 6.20 Å². The molecule has 1 amide bonds. The third-order valence-electron chi connectivity index (χ3n) is 1.92. The first-order valence-electron chi connectivity index (χ1n) is 4.68. The first kappa shape index (κ1) is 11.5. The van der Waals surface area contributed by atoms with Crippen LogP contribution in [0, 0.1) is 6.92 Å². The monoisotopic (exact) mass is 212 g/mol. The van der Waals surface area contributed by atoms with Gasteiger partial charge in [0.15, 0.2) is 0 Å². The Bertz CT molecular complexity index is 315. The van der Waals surface area contributed by atoms with Crippen molar-refractivity contribution in [2.45, 2.75) is 13.5 Å². The van der Waals surface area contributed by atoms with Crippen molar-refractivity contribution in [1.29, 1.82) is 0 Å². The molecule has 1 aromatic rings. The quantitative estimate of drug-likeness (QED) is 0.647. The maximum atomic E-state index is 11.3. The normalized spacial score (nSPS) is 10.3. The molecule has 3 N–H and O–H groups in total. The molecule has 0 aliphatic rings. The average Bonchev–Trinajstić information content (AvgIpc) is 2.46. The van der Waals surface area contributed by atoms with Gasteiger partial charge in [0, 0.05) is 19.9 Å². The lowest BCUT2D eigenvalue weighted by Gasteiger charge is -2.03. The van der Waals surface area contributed by atoms with Crippen molar-refractivity contribution >= 4 is 11.6 Å². The highest BCUT2D eigenvalue weighted by molar-refractivity contribution is 5.75. The van der Waals surface area contributed by atoms with Crippen molar-refractivity contribution in [2.75, 3.05) is 26.0 Å². The summed E-state index contributed by atoms with van der Waals surface area (Å²) in [5.41, 5.74) is 6.94. The van der Waals surface area contributed by atoms with Gasteiger partial charge in [-0.25, -0.2) is 0 Å². The van der Waals surface area contributed by atoms with Gasteiger partial charge in [-0.3, -0.25) is 9.48 Å². The number of hydrogen-bond acceptors (Lipinski definition) is 4. The summed E-state index contributed by atoms with van der Waals surface area (Å²) in [6.45, 7) is 2.99. The molecule has 0 saturated carbocycles. The third kappa shape index (κ3) is 3.59. The number of ether oxygens (including phenoxy) is 1. The number of carbonyl (C=O) groups is 1. The van der Waals surface area contributed by atoms with Crippen LogP contribution in [0.1, 0.15) is 5.69 Å². The SMILES string of the molecule is COCCNC(=O)Cn1cc(N)c(C)n1. The van der Waals surface area contributed by atoms with Gasteiger partial charge in [-0.2, -0.15) is 5.10 Å². The van der Waals surface area contributed by atoms with E-state index < -0.39 is 0 Å². The van der Waals surface area contributed by atoms with E-state index in [2.05, 4.69) is 10.4 Å². The first-order valence-corrected chi connectivity index (χ1v) is 4.68. The Hall–Kier alpha value is -1.56. The summed E-state index contributed by atoms with van der Waals surface area (Å²) >= 11 is 0. The van der Waals surface area contributed by atoms with E-state index in [0.29, 0.717) is 18.8 Å². The minimum Gasteiger partial charge on any atom is -0.396 e. The topological polar surface area (TPSA) is 82.2 Å². The predicted octanol–water partition coefficient (Wildman–Crippen LogP) is -0.464. The van der Waals surface area contributed by atoms with E-state index in [1.54, 1.807) is 20.2 Å². The molecule has 0 fully saturated rings. The molecule has 0 saturated heterocycles. The number of nitrogens with one attached hydrogen (secondary N) is 1. The molecule has 0 aliphatic carbocycles. The van der Waals surface area contributed by atoms with E-state index >= 15 is 0 Å². The number of aryl methyl sites for hydroxylation is 1. The molecule has 0 radical (unpaired) electrons. The molecule has 1 heterocycles. The summed E-state index contributed by atoms with van der Waals surface area (Å²) in [7, 11) is 1.59. The van der Waals surface area contributed by atoms with Crippen molar-refractivity contribution in [3.8, 4) is 0 Å². The molecular weight excluding hydrogens is 196 g/mol. The highest BCUT2D eigenvalue weighted by atomic mass is 16.5. The molecule has 84 valence electrons. The molecule has 1 aromatic heterocycles. The average molecular weight is 212 g/mol. The second kappa shape index (κ2) is 5.35. The van der Waals surface area contributed by atoms with Gasteiger partial charge in [0.1, 0.15) is 6.54 Å². The predicted molar refractivity (Wildman–Crippen MR) is 56.3 cm³/mol. The molecule has 0 aromatic carbocycles. The smallest absolute Gasteiger partial charge is 0.241 e. The number of carbonyl (C=O) groups excluding carboxylic acids is 1. The lowest BCUT2D eigenvalue weighted by atomic mass is 10.4. The van der Waals surface area contributed by atoms with Crippen LogP contribution in [0.25, 0.3) is 0 Å². The largest absolute Gasteiger partial charge is 0.396 e. The molecule has 6 heteroatoms. The summed E-state index contributed by atoms with van der Waals surface area (Å²) in [5, 5.41) is 6.77. The number of hydrogen-bond donors (Lipinski definition) is 2. The van der Waals surface area contributed by atoms with Gasteiger partial charge in [0.2, 0.25) is 5.91 Å². The molecular formula is C9H16N4O2. The van der Waals surface area contributed by atoms with Gasteiger partial charge in [-0.1, -0.05) is 0 Å². The summed E-state index contributed by atoms with van der Waals surface area (Å²) in [6, 6.07) is 0. The molecule has 1 rings (SSSR count). The standard InChI is InChI=1S/C9H16N4O2/c1-7-8(10)5-13(12-7)6-9(14)11-3-4-15-2/h5H,3-4,6,10H2,1-2H3,(H,11,14). The number of methoxy groups -OCH3 is 1. The number of rotatable bonds is 5. The molecule has 0 bridgehead atoms. The van der Waals surface area contributed by atoms with Crippen LogP contribution in [0.2, 0.25) is 0 Å². The second-order valence-corrected chi connectivity index (χ2v) is 3.21. The summed E-state index contributed by atoms with van der Waals surface area (Å²) in [6.07, 6.45) is 1.64. The zero-order valence-corrected chi connectivity index (χ0v) is 8.99. The summed E-state index contributed by atoms with van der Waals surface area (Å²) in [4.78, 5) is 11.3. The van der Waals surface area contributed by atoms with Crippen LogP contribution >= 0.6 is 0 Å². The number of nitrogen functional groups attached to an aromatic ring is 1. The third-order valence-corrected chi connectivity index (χ3v) is 1.92. The van der Waals surface area contributed by atoms with E-state index in [4.69, 9.17) is 10.5 Å². The van der Waals surface area contributed by atoms with Crippen LogP contribution in [-0.4, -0.2) is 35.9 Å². The van der Waals surface area contributed by atoms with Crippen LogP contribution < -0.4 is 11.1 Å². The number of anilines is 1. The summed E-state index contributed by atoms with van der Waals surface area (Å²) < 4.78 is 6.33. The van der Waals surface area contributed by atoms with Gasteiger partial charge >= 0.3 is 0 Å². The van der Waals surface area contributed by atoms with Gasteiger partial charge in [-0.15, -0.1) is 0 Å². The Morgan fingerprint density at radius 1 is 1.73 bits per heavy atom. The van der Waals surface area contributed by atoms with Crippen molar-refractivity contribution in [2.24, 2.45) is 0 Å². The Kier molecular flexibility index (Phi) is 4.11. The van der Waals surface area contributed by atoms with E-state index in [-0.39, 0.29) is 12.5 Å². The van der Waals surface area contributed by atoms with Crippen LogP contribution in [-0.2, 0) is 16.1 Å². The van der Waals surface area contributed by atoms with E-state index in [9.17, 15) is 4.79 Å². The van der Waals surface area contributed by atoms with Crippen molar-refractivity contribution in [1.82, 2.24) is 15.1 Å². The van der Waals surface area contributed by atoms with Crippen molar-refractivity contribution < 1.29 is 9.53 Å². The zero-order valence-electron chi connectivity index (χ0n) is 8.99. The van der Waals surface area contributed by atoms with E-state index in [1.165, 1.54) is 4.68 Å². The van der Waals surface area contributed by atoms with Gasteiger partial charge in [-0.05, 0) is 6.92 Å². The Labute approximate surface area is 88.4 Å². The van der Waals surface area contributed by atoms with Gasteiger partial charge in [0.05, 0.1) is 18.0 Å². The Morgan fingerprint density at radius 3 is 3.00 bits per heavy atom.